The summed E-state index contributed by atoms with van der Waals surface area (Å²) in [5.74, 6) is 0.364. The van der Waals surface area contributed by atoms with Crippen molar-refractivity contribution >= 4 is 32.4 Å². The first-order valence-electron chi connectivity index (χ1n) is 9.27. The fourth-order valence-corrected chi connectivity index (χ4v) is 4.61. The highest BCUT2D eigenvalue weighted by atomic mass is 32.2. The minimum atomic E-state index is -3.51. The van der Waals surface area contributed by atoms with E-state index in [0.717, 1.165) is 22.0 Å². The van der Waals surface area contributed by atoms with Crippen LogP contribution in [-0.2, 0) is 16.4 Å². The smallest absolute Gasteiger partial charge is 0.262 e. The minimum Gasteiger partial charge on any atom is -0.496 e. The largest absolute Gasteiger partial charge is 0.496 e. The van der Waals surface area contributed by atoms with Crippen molar-refractivity contribution in [3.8, 4) is 5.75 Å². The van der Waals surface area contributed by atoms with E-state index >= 15 is 0 Å². The van der Waals surface area contributed by atoms with Crippen molar-refractivity contribution in [2.75, 3.05) is 32.6 Å². The average Bonchev–Trinajstić information content (AvgIpc) is 3.15. The first-order chi connectivity index (χ1) is 13.8. The van der Waals surface area contributed by atoms with Gasteiger partial charge in [-0.15, -0.1) is 0 Å². The average molecular weight is 410 g/mol. The van der Waals surface area contributed by atoms with E-state index in [1.807, 2.05) is 36.4 Å². The van der Waals surface area contributed by atoms with E-state index in [1.165, 1.54) is 18.4 Å². The number of fused-ring (bicyclic) bond motifs is 2. The van der Waals surface area contributed by atoms with Crippen LogP contribution < -0.4 is 9.64 Å². The number of benzene rings is 3. The van der Waals surface area contributed by atoms with Gasteiger partial charge in [-0.2, -0.15) is 0 Å². The monoisotopic (exact) mass is 410 g/mol. The molecular formula is C22H22N2O4S. The maximum absolute atomic E-state index is 13.3. The molecule has 0 saturated heterocycles. The quantitative estimate of drug-likeness (QED) is 0.662. The van der Waals surface area contributed by atoms with Crippen molar-refractivity contribution in [3.63, 3.8) is 0 Å². The van der Waals surface area contributed by atoms with Crippen molar-refractivity contribution in [2.45, 2.75) is 11.3 Å². The Balaban J connectivity index is 1.74. The van der Waals surface area contributed by atoms with Crippen molar-refractivity contribution < 1.29 is 17.9 Å². The maximum atomic E-state index is 13.3. The number of methoxy groups -OCH3 is 1. The van der Waals surface area contributed by atoms with Gasteiger partial charge in [-0.25, -0.2) is 12.7 Å². The molecule has 4 rings (SSSR count). The SMILES string of the molecule is COc1cc2ccccc2cc1C(=O)N1CCc2cc(S(=O)(=O)N(C)C)ccc21. The highest BCUT2D eigenvalue weighted by Crippen LogP contribution is 2.34. The molecule has 0 N–H and O–H groups in total. The molecule has 0 atom stereocenters. The number of ether oxygens (including phenoxy) is 1. The third kappa shape index (κ3) is 3.26. The zero-order chi connectivity index (χ0) is 20.8. The van der Waals surface area contributed by atoms with E-state index in [2.05, 4.69) is 0 Å². The van der Waals surface area contributed by atoms with E-state index in [1.54, 1.807) is 30.2 Å². The summed E-state index contributed by atoms with van der Waals surface area (Å²) in [4.78, 5) is 15.3. The van der Waals surface area contributed by atoms with Crippen LogP contribution in [0.2, 0.25) is 0 Å². The van der Waals surface area contributed by atoms with Gasteiger partial charge in [0.15, 0.2) is 0 Å². The number of carbonyl (C=O) groups is 1. The Morgan fingerprint density at radius 2 is 1.72 bits per heavy atom. The van der Waals surface area contributed by atoms with Crippen LogP contribution in [0.4, 0.5) is 5.69 Å². The van der Waals surface area contributed by atoms with Gasteiger partial charge < -0.3 is 9.64 Å². The number of rotatable bonds is 4. The van der Waals surface area contributed by atoms with Gasteiger partial charge in [0.25, 0.3) is 5.91 Å². The molecule has 0 bridgehead atoms. The van der Waals surface area contributed by atoms with Gasteiger partial charge in [-0.1, -0.05) is 24.3 Å². The standard InChI is InChI=1S/C22H22N2O4S/c1-23(2)29(26,27)18-8-9-20-17(12-18)10-11-24(20)22(25)19-13-15-6-4-5-7-16(15)14-21(19)28-3/h4-9,12-14H,10-11H2,1-3H3. The lowest BCUT2D eigenvalue weighted by Crippen LogP contribution is -2.29. The molecule has 0 saturated carbocycles. The maximum Gasteiger partial charge on any atom is 0.262 e. The van der Waals surface area contributed by atoms with Crippen molar-refractivity contribution in [3.05, 3.63) is 65.7 Å². The molecule has 150 valence electrons. The summed E-state index contributed by atoms with van der Waals surface area (Å²) < 4.78 is 31.5. The molecule has 0 radical (unpaired) electrons. The molecule has 0 aromatic heterocycles. The number of amides is 1. The lowest BCUT2D eigenvalue weighted by molar-refractivity contribution is 0.0986. The summed E-state index contributed by atoms with van der Waals surface area (Å²) in [5.41, 5.74) is 2.08. The fourth-order valence-electron chi connectivity index (χ4n) is 3.66. The lowest BCUT2D eigenvalue weighted by Gasteiger charge is -2.20. The first-order valence-corrected chi connectivity index (χ1v) is 10.7. The molecule has 1 aliphatic heterocycles. The summed E-state index contributed by atoms with van der Waals surface area (Å²) >= 11 is 0. The van der Waals surface area contributed by atoms with Gasteiger partial charge in [0.05, 0.1) is 17.6 Å². The summed E-state index contributed by atoms with van der Waals surface area (Å²) in [6.07, 6.45) is 0.605. The van der Waals surface area contributed by atoms with Gasteiger partial charge in [-0.05, 0) is 53.1 Å². The number of hydrogen-bond donors (Lipinski definition) is 0. The van der Waals surface area contributed by atoms with Gasteiger partial charge in [0.1, 0.15) is 5.75 Å². The molecule has 29 heavy (non-hydrogen) atoms. The van der Waals surface area contributed by atoms with Crippen molar-refractivity contribution in [1.29, 1.82) is 0 Å². The second-order valence-corrected chi connectivity index (χ2v) is 9.34. The van der Waals surface area contributed by atoms with Crippen LogP contribution in [0.15, 0.2) is 59.5 Å². The number of carbonyl (C=O) groups excluding carboxylic acids is 1. The van der Waals surface area contributed by atoms with Gasteiger partial charge in [0.2, 0.25) is 10.0 Å². The molecule has 1 aliphatic rings. The van der Waals surface area contributed by atoms with Gasteiger partial charge in [0, 0.05) is 26.3 Å². The third-order valence-corrected chi connectivity index (χ3v) is 7.08. The highest BCUT2D eigenvalue weighted by molar-refractivity contribution is 7.89. The normalized spacial score (nSPS) is 13.7. The molecule has 0 aliphatic carbocycles. The molecule has 0 unspecified atom stereocenters. The Bertz CT molecular complexity index is 1220. The third-order valence-electron chi connectivity index (χ3n) is 5.27. The molecule has 1 heterocycles. The van der Waals surface area contributed by atoms with Crippen LogP contribution in [-0.4, -0.2) is 46.4 Å². The van der Waals surface area contributed by atoms with Crippen LogP contribution >= 0.6 is 0 Å². The Labute approximate surface area is 170 Å². The molecule has 3 aromatic rings. The molecular weight excluding hydrogens is 388 g/mol. The Hall–Kier alpha value is -2.90. The first kappa shape index (κ1) is 19.4. The molecule has 7 heteroatoms. The summed E-state index contributed by atoms with van der Waals surface area (Å²) in [6, 6.07) is 16.5. The Morgan fingerprint density at radius 1 is 1.03 bits per heavy atom. The van der Waals surface area contributed by atoms with Crippen LogP contribution in [0.1, 0.15) is 15.9 Å². The zero-order valence-corrected chi connectivity index (χ0v) is 17.4. The van der Waals surface area contributed by atoms with Gasteiger partial charge >= 0.3 is 0 Å². The fraction of sp³-hybridized carbons (Fsp3) is 0.227. The summed E-state index contributed by atoms with van der Waals surface area (Å²) in [5, 5.41) is 1.96. The van der Waals surface area contributed by atoms with Crippen LogP contribution in [0.5, 0.6) is 5.75 Å². The second kappa shape index (κ2) is 7.17. The summed E-state index contributed by atoms with van der Waals surface area (Å²) in [7, 11) is 1.05. The second-order valence-electron chi connectivity index (χ2n) is 7.18. The highest BCUT2D eigenvalue weighted by Gasteiger charge is 2.29. The van der Waals surface area contributed by atoms with Crippen molar-refractivity contribution in [2.24, 2.45) is 0 Å². The van der Waals surface area contributed by atoms with Crippen LogP contribution in [0.25, 0.3) is 10.8 Å². The topological polar surface area (TPSA) is 66.9 Å². The predicted molar refractivity (Wildman–Crippen MR) is 113 cm³/mol. The van der Waals surface area contributed by atoms with E-state index in [9.17, 15) is 13.2 Å². The Morgan fingerprint density at radius 3 is 2.38 bits per heavy atom. The van der Waals surface area contributed by atoms with E-state index in [4.69, 9.17) is 4.74 Å². The summed E-state index contributed by atoms with van der Waals surface area (Å²) in [6.45, 7) is 0.496. The molecule has 0 fully saturated rings. The predicted octanol–water partition coefficient (Wildman–Crippen LogP) is 3.30. The van der Waals surface area contributed by atoms with Crippen molar-refractivity contribution in [1.82, 2.24) is 4.31 Å². The van der Waals surface area contributed by atoms with E-state index < -0.39 is 10.0 Å². The number of sulfonamides is 1. The van der Waals surface area contributed by atoms with E-state index in [0.29, 0.717) is 24.3 Å². The molecule has 0 spiro atoms. The number of hydrogen-bond acceptors (Lipinski definition) is 4. The van der Waals surface area contributed by atoms with Crippen LogP contribution in [0.3, 0.4) is 0 Å². The minimum absolute atomic E-state index is 0.158. The molecule has 3 aromatic carbocycles. The molecule has 6 nitrogen and oxygen atoms in total. The number of anilines is 1. The Kier molecular flexibility index (Phi) is 4.80. The zero-order valence-electron chi connectivity index (χ0n) is 16.5. The van der Waals surface area contributed by atoms with Crippen LogP contribution in [0, 0.1) is 0 Å². The number of nitrogens with zero attached hydrogens (tertiary/aromatic N) is 2. The molecule has 1 amide bonds. The van der Waals surface area contributed by atoms with Gasteiger partial charge in [-0.3, -0.25) is 4.79 Å². The van der Waals surface area contributed by atoms with E-state index in [-0.39, 0.29) is 10.8 Å². The lowest BCUT2D eigenvalue weighted by atomic mass is 10.0.